The molecule has 0 unspecified atom stereocenters. The molecule has 1 rings (SSSR count). The van der Waals surface area contributed by atoms with Crippen LogP contribution in [0.3, 0.4) is 0 Å². The number of hydrogen-bond donors (Lipinski definition) is 1. The molecule has 0 aromatic carbocycles. The summed E-state index contributed by atoms with van der Waals surface area (Å²) in [5.41, 5.74) is 0.415. The molecule has 1 N–H and O–H groups in total. The third kappa shape index (κ3) is 5.27. The molecule has 13 heavy (non-hydrogen) atoms. The monoisotopic (exact) mass is 184 g/mol. The normalized spacial score (nSPS) is 18.2. The Hall–Kier alpha value is -0.0800. The van der Waals surface area contributed by atoms with Gasteiger partial charge < -0.3 is 10.2 Å². The summed E-state index contributed by atoms with van der Waals surface area (Å²) >= 11 is 0. The van der Waals surface area contributed by atoms with Gasteiger partial charge in [0, 0.05) is 25.7 Å². The van der Waals surface area contributed by atoms with Crippen molar-refractivity contribution in [3.8, 4) is 0 Å². The number of hydrogen-bond acceptors (Lipinski definition) is 2. The molecule has 0 aromatic rings. The number of rotatable bonds is 5. The Labute approximate surface area is 82.7 Å². The SMILES string of the molecule is CN(CCNCC(C)(C)C)C1CC1. The van der Waals surface area contributed by atoms with Crippen molar-refractivity contribution in [2.24, 2.45) is 5.41 Å². The van der Waals surface area contributed by atoms with E-state index in [1.807, 2.05) is 0 Å². The molecule has 0 aromatic heterocycles. The van der Waals surface area contributed by atoms with Crippen LogP contribution in [0.1, 0.15) is 33.6 Å². The predicted molar refractivity (Wildman–Crippen MR) is 58.0 cm³/mol. The summed E-state index contributed by atoms with van der Waals surface area (Å²) in [5, 5.41) is 3.50. The maximum Gasteiger partial charge on any atom is 0.0107 e. The number of nitrogens with one attached hydrogen (secondary N) is 1. The van der Waals surface area contributed by atoms with Gasteiger partial charge in [-0.25, -0.2) is 0 Å². The molecule has 0 heterocycles. The molecule has 0 saturated heterocycles. The van der Waals surface area contributed by atoms with E-state index in [-0.39, 0.29) is 0 Å². The summed E-state index contributed by atoms with van der Waals surface area (Å²) in [6, 6.07) is 0.899. The molecule has 2 heteroatoms. The molecule has 0 spiro atoms. The third-order valence-electron chi connectivity index (χ3n) is 2.47. The highest BCUT2D eigenvalue weighted by Gasteiger charge is 2.25. The molecule has 0 amide bonds. The lowest BCUT2D eigenvalue weighted by atomic mass is 9.97. The fraction of sp³-hybridized carbons (Fsp3) is 1.00. The van der Waals surface area contributed by atoms with Gasteiger partial charge in [-0.1, -0.05) is 20.8 Å². The Bertz CT molecular complexity index is 145. The van der Waals surface area contributed by atoms with E-state index in [0.29, 0.717) is 5.41 Å². The van der Waals surface area contributed by atoms with Crippen LogP contribution in [0.4, 0.5) is 0 Å². The number of likely N-dealkylation sites (N-methyl/N-ethyl adjacent to an activating group) is 1. The van der Waals surface area contributed by atoms with E-state index in [9.17, 15) is 0 Å². The van der Waals surface area contributed by atoms with E-state index in [1.165, 1.54) is 19.4 Å². The lowest BCUT2D eigenvalue weighted by molar-refractivity contribution is 0.306. The summed E-state index contributed by atoms with van der Waals surface area (Å²) in [7, 11) is 2.23. The first kappa shape index (κ1) is 11.0. The van der Waals surface area contributed by atoms with Gasteiger partial charge in [-0.05, 0) is 25.3 Å². The van der Waals surface area contributed by atoms with Gasteiger partial charge in [0.2, 0.25) is 0 Å². The van der Waals surface area contributed by atoms with E-state index in [1.54, 1.807) is 0 Å². The first-order valence-corrected chi connectivity index (χ1v) is 5.40. The summed E-state index contributed by atoms with van der Waals surface area (Å²) < 4.78 is 0. The molecule has 1 aliphatic carbocycles. The van der Waals surface area contributed by atoms with Crippen LogP contribution in [0.15, 0.2) is 0 Å². The van der Waals surface area contributed by atoms with Crippen molar-refractivity contribution in [1.29, 1.82) is 0 Å². The van der Waals surface area contributed by atoms with E-state index in [0.717, 1.165) is 19.1 Å². The molecule has 78 valence electrons. The Kier molecular flexibility index (Phi) is 3.74. The minimum Gasteiger partial charge on any atom is -0.315 e. The van der Waals surface area contributed by atoms with Crippen LogP contribution in [-0.4, -0.2) is 37.6 Å². The average Bonchev–Trinajstić information content (AvgIpc) is 2.77. The average molecular weight is 184 g/mol. The van der Waals surface area contributed by atoms with Gasteiger partial charge in [-0.3, -0.25) is 0 Å². The summed E-state index contributed by atoms with van der Waals surface area (Å²) in [4.78, 5) is 2.47. The van der Waals surface area contributed by atoms with Gasteiger partial charge in [0.15, 0.2) is 0 Å². The van der Waals surface area contributed by atoms with Crippen molar-refractivity contribution in [2.75, 3.05) is 26.7 Å². The molecule has 1 saturated carbocycles. The van der Waals surface area contributed by atoms with Gasteiger partial charge in [0.05, 0.1) is 0 Å². The van der Waals surface area contributed by atoms with Crippen molar-refractivity contribution in [3.63, 3.8) is 0 Å². The van der Waals surface area contributed by atoms with E-state index in [2.05, 4.69) is 38.0 Å². The number of nitrogens with zero attached hydrogens (tertiary/aromatic N) is 1. The van der Waals surface area contributed by atoms with E-state index < -0.39 is 0 Å². The molecular weight excluding hydrogens is 160 g/mol. The van der Waals surface area contributed by atoms with Crippen molar-refractivity contribution in [1.82, 2.24) is 10.2 Å². The Balaban J connectivity index is 1.94. The highest BCUT2D eigenvalue weighted by atomic mass is 15.2. The van der Waals surface area contributed by atoms with Crippen LogP contribution in [-0.2, 0) is 0 Å². The second-order valence-electron chi connectivity index (χ2n) is 5.45. The minimum atomic E-state index is 0.415. The van der Waals surface area contributed by atoms with E-state index in [4.69, 9.17) is 0 Å². The second-order valence-corrected chi connectivity index (χ2v) is 5.45. The van der Waals surface area contributed by atoms with Gasteiger partial charge >= 0.3 is 0 Å². The van der Waals surface area contributed by atoms with Crippen LogP contribution in [0.2, 0.25) is 0 Å². The predicted octanol–water partition coefficient (Wildman–Crippen LogP) is 1.72. The fourth-order valence-corrected chi connectivity index (χ4v) is 1.42. The minimum absolute atomic E-state index is 0.415. The largest absolute Gasteiger partial charge is 0.315 e. The zero-order valence-corrected chi connectivity index (χ0v) is 9.56. The van der Waals surface area contributed by atoms with Crippen LogP contribution < -0.4 is 5.32 Å². The fourth-order valence-electron chi connectivity index (χ4n) is 1.42. The Morgan fingerprint density at radius 3 is 2.38 bits per heavy atom. The quantitative estimate of drug-likeness (QED) is 0.654. The lowest BCUT2D eigenvalue weighted by Crippen LogP contribution is -2.34. The van der Waals surface area contributed by atoms with Gasteiger partial charge in [0.25, 0.3) is 0 Å². The maximum atomic E-state index is 3.50. The van der Waals surface area contributed by atoms with Crippen molar-refractivity contribution >= 4 is 0 Å². The van der Waals surface area contributed by atoms with Crippen molar-refractivity contribution < 1.29 is 0 Å². The van der Waals surface area contributed by atoms with Crippen molar-refractivity contribution in [2.45, 2.75) is 39.7 Å². The summed E-state index contributed by atoms with van der Waals surface area (Å²) in [6.07, 6.45) is 2.82. The molecular formula is C11H24N2. The first-order chi connectivity index (χ1) is 5.99. The van der Waals surface area contributed by atoms with Crippen LogP contribution in [0.5, 0.6) is 0 Å². The van der Waals surface area contributed by atoms with Gasteiger partial charge in [-0.2, -0.15) is 0 Å². The van der Waals surface area contributed by atoms with Crippen LogP contribution >= 0.6 is 0 Å². The zero-order valence-electron chi connectivity index (χ0n) is 9.56. The highest BCUT2D eigenvalue weighted by molar-refractivity contribution is 4.82. The highest BCUT2D eigenvalue weighted by Crippen LogP contribution is 2.24. The Morgan fingerprint density at radius 2 is 1.92 bits per heavy atom. The topological polar surface area (TPSA) is 15.3 Å². The summed E-state index contributed by atoms with van der Waals surface area (Å²) in [5.74, 6) is 0. The second kappa shape index (κ2) is 4.43. The molecule has 0 aliphatic heterocycles. The zero-order chi connectivity index (χ0) is 9.90. The van der Waals surface area contributed by atoms with Gasteiger partial charge in [-0.15, -0.1) is 0 Å². The standard InChI is InChI=1S/C11H24N2/c1-11(2,3)9-12-7-8-13(4)10-5-6-10/h10,12H,5-9H2,1-4H3. The van der Waals surface area contributed by atoms with Gasteiger partial charge in [0.1, 0.15) is 0 Å². The molecule has 2 nitrogen and oxygen atoms in total. The smallest absolute Gasteiger partial charge is 0.0107 e. The van der Waals surface area contributed by atoms with E-state index >= 15 is 0 Å². The third-order valence-corrected chi connectivity index (χ3v) is 2.47. The maximum absolute atomic E-state index is 3.50. The molecule has 0 atom stereocenters. The first-order valence-electron chi connectivity index (χ1n) is 5.40. The van der Waals surface area contributed by atoms with Crippen molar-refractivity contribution in [3.05, 3.63) is 0 Å². The summed E-state index contributed by atoms with van der Waals surface area (Å²) in [6.45, 7) is 10.2. The van der Waals surface area contributed by atoms with Crippen LogP contribution in [0, 0.1) is 5.41 Å². The van der Waals surface area contributed by atoms with Crippen LogP contribution in [0.25, 0.3) is 0 Å². The molecule has 1 fully saturated rings. The molecule has 0 bridgehead atoms. The Morgan fingerprint density at radius 1 is 1.31 bits per heavy atom. The lowest BCUT2D eigenvalue weighted by Gasteiger charge is -2.21. The molecule has 0 radical (unpaired) electrons. The molecule has 1 aliphatic rings.